The smallest absolute Gasteiger partial charge is 0.343 e. The molecular weight excluding hydrogens is 258 g/mol. The summed E-state index contributed by atoms with van der Waals surface area (Å²) in [6.07, 6.45) is -0.500. The summed E-state index contributed by atoms with van der Waals surface area (Å²) in [6.45, 7) is 2.07. The molecule has 2 nitrogen and oxygen atoms in total. The van der Waals surface area contributed by atoms with Crippen molar-refractivity contribution in [2.24, 2.45) is 0 Å². The van der Waals surface area contributed by atoms with Crippen LogP contribution in [-0.4, -0.2) is 22.7 Å². The van der Waals surface area contributed by atoms with Gasteiger partial charge in [-0.3, -0.25) is 0 Å². The number of aliphatic hydroxyl groups is 1. The first kappa shape index (κ1) is 15.0. The Morgan fingerprint density at radius 3 is 2.56 bits per heavy atom. The summed E-state index contributed by atoms with van der Waals surface area (Å²) in [5.41, 5.74) is 0.115. The predicted molar refractivity (Wildman–Crippen MR) is 69.8 cm³/mol. The Morgan fingerprint density at radius 2 is 2.00 bits per heavy atom. The number of benzene rings is 1. The van der Waals surface area contributed by atoms with Gasteiger partial charge in [-0.2, -0.15) is 8.78 Å². The van der Waals surface area contributed by atoms with Gasteiger partial charge in [-0.15, -0.1) is 0 Å². The third-order valence-corrected chi connectivity index (χ3v) is 2.85. The molecule has 5 heteroatoms. The minimum atomic E-state index is -3.57. The van der Waals surface area contributed by atoms with E-state index in [0.717, 1.165) is 6.42 Å². The number of rotatable bonds is 6. The zero-order chi connectivity index (χ0) is 13.6. The number of hydrogen-bond donors (Lipinski definition) is 1. The summed E-state index contributed by atoms with van der Waals surface area (Å²) in [5, 5.41) is 8.80. The molecule has 0 saturated heterocycles. The van der Waals surface area contributed by atoms with Crippen LogP contribution in [0.2, 0.25) is 0 Å². The third-order valence-electron chi connectivity index (χ3n) is 2.46. The van der Waals surface area contributed by atoms with Gasteiger partial charge in [-0.25, -0.2) is 0 Å². The number of thiocarbonyl (C=S) groups is 1. The average Bonchev–Trinajstić information content (AvgIpc) is 2.39. The van der Waals surface area contributed by atoms with Gasteiger partial charge in [0, 0.05) is 0 Å². The van der Waals surface area contributed by atoms with Gasteiger partial charge in [-0.1, -0.05) is 43.7 Å². The Bertz CT molecular complexity index is 382. The number of ether oxygens (including phenoxy) is 1. The average molecular weight is 274 g/mol. The van der Waals surface area contributed by atoms with Crippen LogP contribution < -0.4 is 0 Å². The van der Waals surface area contributed by atoms with Crippen LogP contribution in [-0.2, 0) is 4.74 Å². The number of unbranched alkanes of at least 4 members (excludes halogenated alkanes) is 1. The van der Waals surface area contributed by atoms with Crippen LogP contribution in [0.1, 0.15) is 31.4 Å². The highest BCUT2D eigenvalue weighted by Gasteiger charge is 2.45. The maximum atomic E-state index is 13.8. The molecule has 18 heavy (non-hydrogen) atoms. The Balaban J connectivity index is 2.70. The van der Waals surface area contributed by atoms with Crippen molar-refractivity contribution in [1.29, 1.82) is 0 Å². The van der Waals surface area contributed by atoms with Crippen LogP contribution in [0.25, 0.3) is 0 Å². The maximum absolute atomic E-state index is 13.8. The second-order valence-electron chi connectivity index (χ2n) is 3.93. The van der Waals surface area contributed by atoms with Crippen molar-refractivity contribution < 1.29 is 18.6 Å². The normalized spacial score (nSPS) is 13.1. The van der Waals surface area contributed by atoms with E-state index in [2.05, 4.69) is 12.2 Å². The van der Waals surface area contributed by atoms with Crippen LogP contribution >= 0.6 is 12.2 Å². The fraction of sp³-hybridized carbons (Fsp3) is 0.462. The van der Waals surface area contributed by atoms with Gasteiger partial charge in [-0.05, 0) is 24.2 Å². The van der Waals surface area contributed by atoms with Gasteiger partial charge < -0.3 is 9.84 Å². The molecular formula is C13H16F2O2S. The Morgan fingerprint density at radius 1 is 1.39 bits per heavy atom. The first-order chi connectivity index (χ1) is 8.50. The fourth-order valence-electron chi connectivity index (χ4n) is 1.36. The summed E-state index contributed by atoms with van der Waals surface area (Å²) in [6, 6.07) is 7.69. The summed E-state index contributed by atoms with van der Waals surface area (Å²) < 4.78 is 32.4. The molecule has 0 aliphatic heterocycles. The second kappa shape index (κ2) is 6.75. The molecule has 0 fully saturated rings. The lowest BCUT2D eigenvalue weighted by atomic mass is 10.0. The fourth-order valence-corrected chi connectivity index (χ4v) is 1.56. The summed E-state index contributed by atoms with van der Waals surface area (Å²) >= 11 is 4.55. The van der Waals surface area contributed by atoms with E-state index in [1.807, 2.05) is 6.92 Å². The molecule has 100 valence electrons. The monoisotopic (exact) mass is 274 g/mol. The third kappa shape index (κ3) is 3.71. The van der Waals surface area contributed by atoms with Crippen LogP contribution in [0.15, 0.2) is 30.3 Å². The largest absolute Gasteiger partial charge is 0.482 e. The molecule has 1 atom stereocenters. The lowest BCUT2D eigenvalue weighted by Crippen LogP contribution is -2.36. The van der Waals surface area contributed by atoms with E-state index in [0.29, 0.717) is 6.42 Å². The molecule has 0 aliphatic carbocycles. The van der Waals surface area contributed by atoms with E-state index in [1.165, 1.54) is 12.1 Å². The van der Waals surface area contributed by atoms with Crippen LogP contribution in [0, 0.1) is 0 Å². The topological polar surface area (TPSA) is 29.5 Å². The first-order valence-electron chi connectivity index (χ1n) is 5.78. The van der Waals surface area contributed by atoms with Crippen molar-refractivity contribution in [3.05, 3.63) is 35.9 Å². The zero-order valence-electron chi connectivity index (χ0n) is 10.1. The number of hydrogen-bond acceptors (Lipinski definition) is 3. The van der Waals surface area contributed by atoms with E-state index in [1.54, 1.807) is 18.2 Å². The van der Waals surface area contributed by atoms with Gasteiger partial charge in [0.2, 0.25) is 5.05 Å². The van der Waals surface area contributed by atoms with E-state index in [9.17, 15) is 13.9 Å². The lowest BCUT2D eigenvalue weighted by Gasteiger charge is -2.23. The van der Waals surface area contributed by atoms with Gasteiger partial charge in [0.15, 0.2) is 6.10 Å². The van der Waals surface area contributed by atoms with Crippen molar-refractivity contribution in [3.63, 3.8) is 0 Å². The molecule has 1 unspecified atom stereocenters. The molecule has 0 spiro atoms. The van der Waals surface area contributed by atoms with Gasteiger partial charge in [0.1, 0.15) is 0 Å². The Kier molecular flexibility index (Phi) is 5.62. The van der Waals surface area contributed by atoms with Crippen LogP contribution in [0.4, 0.5) is 8.78 Å². The maximum Gasteiger partial charge on any atom is 0.343 e. The second-order valence-corrected chi connectivity index (χ2v) is 4.30. The molecule has 0 radical (unpaired) electrons. The van der Waals surface area contributed by atoms with Crippen LogP contribution in [0.3, 0.4) is 0 Å². The molecule has 0 aliphatic rings. The van der Waals surface area contributed by atoms with Crippen LogP contribution in [0.5, 0.6) is 0 Å². The standard InChI is InChI=1S/C13H16F2O2S/c1-2-3-9-17-12(18)13(14,15)11(16)10-7-5-4-6-8-10/h4-8,11,16H,2-3,9H2,1H3. The minimum absolute atomic E-state index is 0.115. The van der Waals surface area contributed by atoms with Crippen molar-refractivity contribution >= 4 is 17.3 Å². The predicted octanol–water partition coefficient (Wildman–Crippen LogP) is 3.50. The summed E-state index contributed by atoms with van der Waals surface area (Å²) in [4.78, 5) is 0. The lowest BCUT2D eigenvalue weighted by molar-refractivity contribution is -0.0675. The van der Waals surface area contributed by atoms with Crippen molar-refractivity contribution in [2.75, 3.05) is 6.61 Å². The molecule has 0 saturated carbocycles. The van der Waals surface area contributed by atoms with E-state index in [4.69, 9.17) is 4.74 Å². The van der Waals surface area contributed by atoms with Crippen molar-refractivity contribution in [1.82, 2.24) is 0 Å². The van der Waals surface area contributed by atoms with E-state index in [-0.39, 0.29) is 12.2 Å². The number of halogens is 2. The highest BCUT2D eigenvalue weighted by Crippen LogP contribution is 2.33. The summed E-state index contributed by atoms with van der Waals surface area (Å²) in [7, 11) is 0. The Labute approximate surface area is 111 Å². The molecule has 1 aromatic rings. The quantitative estimate of drug-likeness (QED) is 0.636. The highest BCUT2D eigenvalue weighted by molar-refractivity contribution is 7.80. The molecule has 0 bridgehead atoms. The van der Waals surface area contributed by atoms with E-state index >= 15 is 0 Å². The van der Waals surface area contributed by atoms with E-state index < -0.39 is 17.1 Å². The first-order valence-corrected chi connectivity index (χ1v) is 6.19. The number of alkyl halides is 2. The van der Waals surface area contributed by atoms with Gasteiger partial charge >= 0.3 is 5.92 Å². The minimum Gasteiger partial charge on any atom is -0.482 e. The molecule has 1 aromatic carbocycles. The molecule has 1 rings (SSSR count). The SMILES string of the molecule is CCCCOC(=S)C(F)(F)C(O)c1ccccc1. The van der Waals surface area contributed by atoms with Crippen molar-refractivity contribution in [2.45, 2.75) is 31.8 Å². The highest BCUT2D eigenvalue weighted by atomic mass is 32.1. The number of aliphatic hydroxyl groups excluding tert-OH is 1. The molecule has 1 N–H and O–H groups in total. The summed E-state index contributed by atoms with van der Waals surface area (Å²) in [5.74, 6) is -3.57. The zero-order valence-corrected chi connectivity index (χ0v) is 10.9. The Hall–Kier alpha value is -1.07. The molecule has 0 amide bonds. The molecule has 0 heterocycles. The van der Waals surface area contributed by atoms with Crippen molar-refractivity contribution in [3.8, 4) is 0 Å². The van der Waals surface area contributed by atoms with Gasteiger partial charge in [0.25, 0.3) is 0 Å². The van der Waals surface area contributed by atoms with Gasteiger partial charge in [0.05, 0.1) is 6.61 Å². The molecule has 0 aromatic heterocycles.